The SMILES string of the molecule is Cn1nccc1S(=O)(=O)NC1(C(=O)O)CCOCC1. The minimum atomic E-state index is -3.94. The van der Waals surface area contributed by atoms with Crippen LogP contribution >= 0.6 is 0 Å². The van der Waals surface area contributed by atoms with Gasteiger partial charge < -0.3 is 9.84 Å². The molecule has 9 heteroatoms. The predicted octanol–water partition coefficient (Wildman–Crippen LogP) is -0.668. The molecule has 8 nitrogen and oxygen atoms in total. The average molecular weight is 289 g/mol. The van der Waals surface area contributed by atoms with Crippen LogP contribution in [0.3, 0.4) is 0 Å². The number of ether oxygens (including phenoxy) is 1. The van der Waals surface area contributed by atoms with E-state index in [9.17, 15) is 18.3 Å². The Morgan fingerprint density at radius 2 is 2.16 bits per heavy atom. The van der Waals surface area contributed by atoms with Crippen LogP contribution in [0.1, 0.15) is 12.8 Å². The lowest BCUT2D eigenvalue weighted by Gasteiger charge is -2.33. The van der Waals surface area contributed by atoms with Crippen molar-refractivity contribution in [1.29, 1.82) is 0 Å². The molecule has 1 aromatic heterocycles. The Kier molecular flexibility index (Phi) is 3.61. The van der Waals surface area contributed by atoms with Crippen molar-refractivity contribution < 1.29 is 23.1 Å². The van der Waals surface area contributed by atoms with Gasteiger partial charge in [-0.1, -0.05) is 0 Å². The van der Waals surface area contributed by atoms with Crippen LogP contribution in [0.5, 0.6) is 0 Å². The smallest absolute Gasteiger partial charge is 0.325 e. The van der Waals surface area contributed by atoms with Gasteiger partial charge in [0.2, 0.25) is 0 Å². The third-order valence-corrected chi connectivity index (χ3v) is 4.75. The second-order valence-electron chi connectivity index (χ2n) is 4.40. The summed E-state index contributed by atoms with van der Waals surface area (Å²) in [7, 11) is -2.46. The third-order valence-electron chi connectivity index (χ3n) is 3.14. The van der Waals surface area contributed by atoms with E-state index in [1.807, 2.05) is 0 Å². The Hall–Kier alpha value is -1.45. The fraction of sp³-hybridized carbons (Fsp3) is 0.600. The molecular weight excluding hydrogens is 274 g/mol. The molecule has 0 spiro atoms. The second kappa shape index (κ2) is 4.91. The van der Waals surface area contributed by atoms with Crippen molar-refractivity contribution in [2.24, 2.45) is 7.05 Å². The number of aliphatic carboxylic acids is 1. The Labute approximate surface area is 110 Å². The second-order valence-corrected chi connectivity index (χ2v) is 6.03. The van der Waals surface area contributed by atoms with Gasteiger partial charge in [-0.05, 0) is 6.07 Å². The van der Waals surface area contributed by atoms with Crippen LogP contribution in [0, 0.1) is 0 Å². The van der Waals surface area contributed by atoms with Crippen molar-refractivity contribution >= 4 is 16.0 Å². The van der Waals surface area contributed by atoms with E-state index in [0.29, 0.717) is 0 Å². The largest absolute Gasteiger partial charge is 0.480 e. The molecule has 0 atom stereocenters. The summed E-state index contributed by atoms with van der Waals surface area (Å²) in [4.78, 5) is 11.4. The van der Waals surface area contributed by atoms with Crippen LogP contribution in [-0.2, 0) is 26.6 Å². The average Bonchev–Trinajstić information content (AvgIpc) is 2.77. The van der Waals surface area contributed by atoms with Crippen molar-refractivity contribution in [2.45, 2.75) is 23.4 Å². The highest BCUT2D eigenvalue weighted by Gasteiger charge is 2.44. The quantitative estimate of drug-likeness (QED) is 0.760. The van der Waals surface area contributed by atoms with Gasteiger partial charge >= 0.3 is 5.97 Å². The van der Waals surface area contributed by atoms with Crippen LogP contribution in [0.2, 0.25) is 0 Å². The zero-order chi connectivity index (χ0) is 14.1. The number of carboxylic acid groups (broad SMARTS) is 1. The first kappa shape index (κ1) is 14.0. The van der Waals surface area contributed by atoms with Crippen LogP contribution in [0.25, 0.3) is 0 Å². The number of nitrogens with zero attached hydrogens (tertiary/aromatic N) is 2. The number of hydrogen-bond acceptors (Lipinski definition) is 5. The maximum atomic E-state index is 12.2. The number of nitrogens with one attached hydrogen (secondary N) is 1. The number of sulfonamides is 1. The number of aromatic nitrogens is 2. The van der Waals surface area contributed by atoms with E-state index in [1.165, 1.54) is 24.0 Å². The zero-order valence-corrected chi connectivity index (χ0v) is 11.2. The maximum absolute atomic E-state index is 12.2. The van der Waals surface area contributed by atoms with Gasteiger partial charge in [0, 0.05) is 33.1 Å². The molecule has 1 aliphatic rings. The molecule has 0 amide bonds. The van der Waals surface area contributed by atoms with Crippen molar-refractivity contribution in [3.05, 3.63) is 12.3 Å². The van der Waals surface area contributed by atoms with Crippen LogP contribution < -0.4 is 4.72 Å². The van der Waals surface area contributed by atoms with E-state index in [1.54, 1.807) is 0 Å². The van der Waals surface area contributed by atoms with E-state index < -0.39 is 21.5 Å². The molecule has 2 rings (SSSR count). The summed E-state index contributed by atoms with van der Waals surface area (Å²) in [6.45, 7) is 0.417. The highest BCUT2D eigenvalue weighted by molar-refractivity contribution is 7.89. The van der Waals surface area contributed by atoms with Gasteiger partial charge in [0.25, 0.3) is 10.0 Å². The summed E-state index contributed by atoms with van der Waals surface area (Å²) in [6, 6.07) is 1.32. The molecule has 2 N–H and O–H groups in total. The lowest BCUT2D eigenvalue weighted by molar-refractivity contribution is -0.147. The maximum Gasteiger partial charge on any atom is 0.325 e. The third kappa shape index (κ3) is 2.62. The molecule has 1 aromatic rings. The highest BCUT2D eigenvalue weighted by Crippen LogP contribution is 2.23. The van der Waals surface area contributed by atoms with Gasteiger partial charge in [0.1, 0.15) is 5.54 Å². The standard InChI is InChI=1S/C10H15N3O5S/c1-13-8(2-5-11-13)19(16,17)12-10(9(14)15)3-6-18-7-4-10/h2,5,12H,3-4,6-7H2,1H3,(H,14,15). The van der Waals surface area contributed by atoms with Gasteiger partial charge in [0.05, 0.1) is 6.20 Å². The van der Waals surface area contributed by atoms with E-state index in [4.69, 9.17) is 4.74 Å². The first-order valence-corrected chi connectivity index (χ1v) is 7.19. The molecule has 0 bridgehead atoms. The molecule has 0 unspecified atom stereocenters. The molecular formula is C10H15N3O5S. The number of hydrogen-bond donors (Lipinski definition) is 2. The van der Waals surface area contributed by atoms with E-state index in [-0.39, 0.29) is 31.1 Å². The fourth-order valence-electron chi connectivity index (χ4n) is 2.01. The highest BCUT2D eigenvalue weighted by atomic mass is 32.2. The van der Waals surface area contributed by atoms with Crippen molar-refractivity contribution in [1.82, 2.24) is 14.5 Å². The van der Waals surface area contributed by atoms with E-state index in [2.05, 4.69) is 9.82 Å². The molecule has 19 heavy (non-hydrogen) atoms. The minimum Gasteiger partial charge on any atom is -0.480 e. The van der Waals surface area contributed by atoms with Crippen molar-refractivity contribution in [3.8, 4) is 0 Å². The van der Waals surface area contributed by atoms with Crippen LogP contribution in [-0.4, -0.2) is 48.0 Å². The van der Waals surface area contributed by atoms with Gasteiger partial charge in [0.15, 0.2) is 5.03 Å². The van der Waals surface area contributed by atoms with E-state index >= 15 is 0 Å². The Balaban J connectivity index is 2.32. The van der Waals surface area contributed by atoms with Gasteiger partial charge in [-0.2, -0.15) is 9.82 Å². The van der Waals surface area contributed by atoms with Crippen molar-refractivity contribution in [3.63, 3.8) is 0 Å². The van der Waals surface area contributed by atoms with Crippen molar-refractivity contribution in [2.75, 3.05) is 13.2 Å². The molecule has 1 fully saturated rings. The summed E-state index contributed by atoms with van der Waals surface area (Å²) >= 11 is 0. The topological polar surface area (TPSA) is 111 Å². The first-order valence-electron chi connectivity index (χ1n) is 5.70. The summed E-state index contributed by atoms with van der Waals surface area (Å²) in [5.41, 5.74) is -1.51. The summed E-state index contributed by atoms with van der Waals surface area (Å²) in [5.74, 6) is -1.19. The summed E-state index contributed by atoms with van der Waals surface area (Å²) in [5, 5.41) is 13.0. The molecule has 0 saturated carbocycles. The predicted molar refractivity (Wildman–Crippen MR) is 63.9 cm³/mol. The molecule has 2 heterocycles. The molecule has 106 valence electrons. The molecule has 1 aliphatic heterocycles. The van der Waals surface area contributed by atoms with Gasteiger partial charge in [-0.15, -0.1) is 0 Å². The van der Waals surface area contributed by atoms with Gasteiger partial charge in [-0.25, -0.2) is 8.42 Å². The minimum absolute atomic E-state index is 0.0698. The number of aryl methyl sites for hydroxylation is 1. The Bertz CT molecular complexity index is 574. The Morgan fingerprint density at radius 1 is 1.53 bits per heavy atom. The molecule has 1 saturated heterocycles. The summed E-state index contributed by atoms with van der Waals surface area (Å²) in [6.07, 6.45) is 1.53. The number of carboxylic acids is 1. The Morgan fingerprint density at radius 3 is 2.63 bits per heavy atom. The fourth-order valence-corrected chi connectivity index (χ4v) is 3.56. The summed E-state index contributed by atoms with van der Waals surface area (Å²) < 4.78 is 33.0. The lowest BCUT2D eigenvalue weighted by atomic mass is 9.92. The molecule has 0 radical (unpaired) electrons. The van der Waals surface area contributed by atoms with Crippen LogP contribution in [0.15, 0.2) is 17.3 Å². The zero-order valence-electron chi connectivity index (χ0n) is 10.4. The number of rotatable bonds is 4. The van der Waals surface area contributed by atoms with E-state index in [0.717, 1.165) is 0 Å². The van der Waals surface area contributed by atoms with Crippen LogP contribution in [0.4, 0.5) is 0 Å². The normalized spacial score (nSPS) is 19.2. The van der Waals surface area contributed by atoms with Gasteiger partial charge in [-0.3, -0.25) is 9.48 Å². The monoisotopic (exact) mass is 289 g/mol. The number of carbonyl (C=O) groups is 1. The molecule has 0 aromatic carbocycles. The molecule has 0 aliphatic carbocycles. The first-order chi connectivity index (χ1) is 8.87. The lowest BCUT2D eigenvalue weighted by Crippen LogP contribution is -2.57.